The van der Waals surface area contributed by atoms with Gasteiger partial charge in [0, 0.05) is 16.8 Å². The van der Waals surface area contributed by atoms with Crippen LogP contribution < -0.4 is 14.8 Å². The third-order valence-electron chi connectivity index (χ3n) is 4.06. The third-order valence-corrected chi connectivity index (χ3v) is 4.81. The SMILES string of the molecule is COc1ccc(C(=O)Nc2nc(-c3cc4ccccc4o3)cs2)c(OC)c1. The van der Waals surface area contributed by atoms with E-state index >= 15 is 0 Å². The summed E-state index contributed by atoms with van der Waals surface area (Å²) in [5.41, 5.74) is 1.88. The molecule has 4 rings (SSSR count). The maximum Gasteiger partial charge on any atom is 0.261 e. The molecule has 0 radical (unpaired) electrons. The molecule has 2 heterocycles. The van der Waals surface area contributed by atoms with E-state index in [9.17, 15) is 4.79 Å². The van der Waals surface area contributed by atoms with Gasteiger partial charge in [0.2, 0.25) is 0 Å². The first-order chi connectivity index (χ1) is 13.2. The van der Waals surface area contributed by atoms with Crippen LogP contribution in [0.2, 0.25) is 0 Å². The Hall–Kier alpha value is -3.32. The molecular weight excluding hydrogens is 364 g/mol. The van der Waals surface area contributed by atoms with Gasteiger partial charge in [0.15, 0.2) is 10.9 Å². The van der Waals surface area contributed by atoms with Gasteiger partial charge in [-0.25, -0.2) is 4.98 Å². The molecular formula is C20H16N2O4S. The first kappa shape index (κ1) is 17.1. The van der Waals surface area contributed by atoms with Crippen molar-refractivity contribution in [3.05, 3.63) is 59.5 Å². The second-order valence-electron chi connectivity index (χ2n) is 5.71. The fraction of sp³-hybridized carbons (Fsp3) is 0.100. The third kappa shape index (κ3) is 3.37. The zero-order valence-corrected chi connectivity index (χ0v) is 15.5. The monoisotopic (exact) mass is 380 g/mol. The van der Waals surface area contributed by atoms with Crippen LogP contribution in [0.15, 0.2) is 58.3 Å². The lowest BCUT2D eigenvalue weighted by Crippen LogP contribution is -2.13. The van der Waals surface area contributed by atoms with E-state index < -0.39 is 0 Å². The molecule has 0 atom stereocenters. The van der Waals surface area contributed by atoms with Crippen LogP contribution in [0.3, 0.4) is 0 Å². The molecule has 1 N–H and O–H groups in total. The highest BCUT2D eigenvalue weighted by Crippen LogP contribution is 2.31. The number of nitrogens with zero attached hydrogens (tertiary/aromatic N) is 1. The van der Waals surface area contributed by atoms with Crippen molar-refractivity contribution in [1.82, 2.24) is 4.98 Å². The van der Waals surface area contributed by atoms with Crippen LogP contribution in [0.25, 0.3) is 22.4 Å². The number of hydrogen-bond acceptors (Lipinski definition) is 6. The molecule has 0 aliphatic heterocycles. The number of aromatic nitrogens is 1. The van der Waals surface area contributed by atoms with Crippen LogP contribution in [0.4, 0.5) is 5.13 Å². The van der Waals surface area contributed by atoms with Crippen molar-refractivity contribution in [3.8, 4) is 23.0 Å². The normalized spacial score (nSPS) is 10.7. The number of ether oxygens (including phenoxy) is 2. The summed E-state index contributed by atoms with van der Waals surface area (Å²) in [4.78, 5) is 17.0. The topological polar surface area (TPSA) is 73.6 Å². The van der Waals surface area contributed by atoms with Crippen LogP contribution >= 0.6 is 11.3 Å². The van der Waals surface area contributed by atoms with Gasteiger partial charge in [0.05, 0.1) is 19.8 Å². The van der Waals surface area contributed by atoms with Crippen molar-refractivity contribution in [1.29, 1.82) is 0 Å². The number of para-hydroxylation sites is 1. The van der Waals surface area contributed by atoms with Crippen molar-refractivity contribution in [2.75, 3.05) is 19.5 Å². The van der Waals surface area contributed by atoms with Crippen LogP contribution in [0.1, 0.15) is 10.4 Å². The minimum absolute atomic E-state index is 0.306. The number of thiazole rings is 1. The standard InChI is InChI=1S/C20H16N2O4S/c1-24-13-7-8-14(17(10-13)25-2)19(23)22-20-21-15(11-27-20)18-9-12-5-3-4-6-16(12)26-18/h3-11H,1-2H3,(H,21,22,23). The lowest BCUT2D eigenvalue weighted by atomic mass is 10.2. The summed E-state index contributed by atoms with van der Waals surface area (Å²) in [5, 5.41) is 6.13. The summed E-state index contributed by atoms with van der Waals surface area (Å²) >= 11 is 1.33. The Balaban J connectivity index is 1.56. The Kier molecular flexibility index (Phi) is 4.52. The molecule has 2 aromatic carbocycles. The molecule has 1 amide bonds. The minimum Gasteiger partial charge on any atom is -0.497 e. The molecule has 7 heteroatoms. The van der Waals surface area contributed by atoms with E-state index in [0.717, 1.165) is 11.0 Å². The fourth-order valence-corrected chi connectivity index (χ4v) is 3.40. The van der Waals surface area contributed by atoms with E-state index in [4.69, 9.17) is 13.9 Å². The van der Waals surface area contributed by atoms with Crippen molar-refractivity contribution in [3.63, 3.8) is 0 Å². The number of carbonyl (C=O) groups is 1. The van der Waals surface area contributed by atoms with E-state index in [2.05, 4.69) is 10.3 Å². The van der Waals surface area contributed by atoms with Gasteiger partial charge in [-0.3, -0.25) is 10.1 Å². The molecule has 0 aliphatic rings. The maximum absolute atomic E-state index is 12.6. The lowest BCUT2D eigenvalue weighted by Gasteiger charge is -2.09. The number of fused-ring (bicyclic) bond motifs is 1. The van der Waals surface area contributed by atoms with Crippen LogP contribution in [-0.2, 0) is 0 Å². The summed E-state index contributed by atoms with van der Waals surface area (Å²) < 4.78 is 16.3. The van der Waals surface area contributed by atoms with Crippen LogP contribution in [0.5, 0.6) is 11.5 Å². The Morgan fingerprint density at radius 3 is 2.74 bits per heavy atom. The maximum atomic E-state index is 12.6. The molecule has 0 unspecified atom stereocenters. The van der Waals surface area contributed by atoms with E-state index in [-0.39, 0.29) is 5.91 Å². The smallest absolute Gasteiger partial charge is 0.261 e. The molecule has 0 saturated heterocycles. The number of benzene rings is 2. The Labute approximate surface area is 159 Å². The molecule has 0 spiro atoms. The second kappa shape index (κ2) is 7.13. The van der Waals surface area contributed by atoms with Gasteiger partial charge >= 0.3 is 0 Å². The highest BCUT2D eigenvalue weighted by Gasteiger charge is 2.16. The van der Waals surface area contributed by atoms with Gasteiger partial charge in [0.25, 0.3) is 5.91 Å². The summed E-state index contributed by atoms with van der Waals surface area (Å²) in [7, 11) is 3.07. The van der Waals surface area contributed by atoms with E-state index in [1.807, 2.05) is 35.7 Å². The number of carbonyl (C=O) groups excluding carboxylic acids is 1. The van der Waals surface area contributed by atoms with Gasteiger partial charge in [-0.05, 0) is 24.3 Å². The van der Waals surface area contributed by atoms with Gasteiger partial charge < -0.3 is 13.9 Å². The van der Waals surface area contributed by atoms with Gasteiger partial charge in [-0.2, -0.15) is 0 Å². The number of anilines is 1. The minimum atomic E-state index is -0.306. The van der Waals surface area contributed by atoms with E-state index in [0.29, 0.717) is 33.6 Å². The average Bonchev–Trinajstić information content (AvgIpc) is 3.33. The predicted molar refractivity (Wildman–Crippen MR) is 105 cm³/mol. The molecule has 2 aromatic heterocycles. The number of hydrogen-bond donors (Lipinski definition) is 1. The number of furan rings is 1. The van der Waals surface area contributed by atoms with Crippen molar-refractivity contribution < 1.29 is 18.7 Å². The first-order valence-electron chi connectivity index (χ1n) is 8.16. The van der Waals surface area contributed by atoms with Crippen molar-refractivity contribution in [2.45, 2.75) is 0 Å². The van der Waals surface area contributed by atoms with Crippen LogP contribution in [0, 0.1) is 0 Å². The van der Waals surface area contributed by atoms with E-state index in [1.165, 1.54) is 18.4 Å². The largest absolute Gasteiger partial charge is 0.497 e. The van der Waals surface area contributed by atoms with Crippen molar-refractivity contribution >= 4 is 33.3 Å². The Morgan fingerprint density at radius 1 is 1.11 bits per heavy atom. The van der Waals surface area contributed by atoms with Gasteiger partial charge in [-0.15, -0.1) is 11.3 Å². The zero-order chi connectivity index (χ0) is 18.8. The summed E-state index contributed by atoms with van der Waals surface area (Å²) in [6.45, 7) is 0. The summed E-state index contributed by atoms with van der Waals surface area (Å²) in [5.74, 6) is 1.40. The number of amides is 1. The molecule has 0 saturated carbocycles. The Bertz CT molecular complexity index is 1080. The van der Waals surface area contributed by atoms with Gasteiger partial charge in [0.1, 0.15) is 22.8 Å². The molecule has 27 heavy (non-hydrogen) atoms. The molecule has 0 bridgehead atoms. The molecule has 0 fully saturated rings. The van der Waals surface area contributed by atoms with Gasteiger partial charge in [-0.1, -0.05) is 18.2 Å². The average molecular weight is 380 g/mol. The highest BCUT2D eigenvalue weighted by molar-refractivity contribution is 7.14. The number of rotatable bonds is 5. The molecule has 0 aliphatic carbocycles. The molecule has 136 valence electrons. The van der Waals surface area contributed by atoms with Crippen LogP contribution in [-0.4, -0.2) is 25.1 Å². The fourth-order valence-electron chi connectivity index (χ4n) is 2.70. The number of nitrogens with one attached hydrogen (secondary N) is 1. The highest BCUT2D eigenvalue weighted by atomic mass is 32.1. The molecule has 6 nitrogen and oxygen atoms in total. The summed E-state index contributed by atoms with van der Waals surface area (Å²) in [6, 6.07) is 14.7. The molecule has 4 aromatic rings. The Morgan fingerprint density at radius 2 is 1.96 bits per heavy atom. The van der Waals surface area contributed by atoms with E-state index in [1.54, 1.807) is 25.3 Å². The predicted octanol–water partition coefficient (Wildman–Crippen LogP) is 4.83. The lowest BCUT2D eigenvalue weighted by molar-refractivity contribution is 0.102. The zero-order valence-electron chi connectivity index (χ0n) is 14.7. The van der Waals surface area contributed by atoms with Crippen molar-refractivity contribution in [2.24, 2.45) is 0 Å². The first-order valence-corrected chi connectivity index (χ1v) is 9.04. The summed E-state index contributed by atoms with van der Waals surface area (Å²) in [6.07, 6.45) is 0. The second-order valence-corrected chi connectivity index (χ2v) is 6.56. The number of methoxy groups -OCH3 is 2. The quantitative estimate of drug-likeness (QED) is 0.537.